The Kier molecular flexibility index (Phi) is 5.78. The molecule has 1 aromatic heterocycles. The summed E-state index contributed by atoms with van der Waals surface area (Å²) in [4.78, 5) is 31.8. The second kappa shape index (κ2) is 8.61. The Bertz CT molecular complexity index is 971. The number of amides is 2. The quantitative estimate of drug-likeness (QED) is 0.497. The Hall–Kier alpha value is -2.65. The number of carbonyl (C=O) groups excluding carboxylic acids is 2. The van der Waals surface area contributed by atoms with E-state index in [1.807, 2.05) is 6.07 Å². The minimum atomic E-state index is -1.02. The fraction of sp³-hybridized carbons (Fsp3) is 0.636. The van der Waals surface area contributed by atoms with Crippen molar-refractivity contribution in [2.45, 2.75) is 50.1 Å². The second-order valence-corrected chi connectivity index (χ2v) is 9.50. The predicted molar refractivity (Wildman–Crippen MR) is 117 cm³/mol. The fourth-order valence-corrected chi connectivity index (χ4v) is 5.26. The minimum Gasteiger partial charge on any atom is -0.341 e. The van der Waals surface area contributed by atoms with Crippen LogP contribution < -0.4 is 21.8 Å². The largest absolute Gasteiger partial charge is 0.341 e. The molecule has 11 heteroatoms. The van der Waals surface area contributed by atoms with Crippen LogP contribution in [0.25, 0.3) is 0 Å². The molecule has 4 fully saturated rings. The average molecular weight is 457 g/mol. The van der Waals surface area contributed by atoms with Crippen molar-refractivity contribution in [2.75, 3.05) is 31.5 Å². The van der Waals surface area contributed by atoms with Gasteiger partial charge in [-0.3, -0.25) is 19.9 Å². The number of anilines is 1. The molecule has 4 heterocycles. The van der Waals surface area contributed by atoms with Crippen molar-refractivity contribution in [3.05, 3.63) is 24.0 Å². The average Bonchev–Trinajstić information content (AvgIpc) is 3.55. The number of aromatic nitrogens is 1. The summed E-state index contributed by atoms with van der Waals surface area (Å²) in [6.07, 6.45) is 4.12. The Labute approximate surface area is 191 Å². The summed E-state index contributed by atoms with van der Waals surface area (Å²) in [5.41, 5.74) is 9.97. The molecule has 33 heavy (non-hydrogen) atoms. The summed E-state index contributed by atoms with van der Waals surface area (Å²) >= 11 is 0. The number of nitrogens with one attached hydrogen (secondary N) is 3. The van der Waals surface area contributed by atoms with Gasteiger partial charge < -0.3 is 16.0 Å². The number of nitriles is 1. The number of carbonyl (C=O) groups is 2. The first kappa shape index (κ1) is 22.2. The molecule has 0 aromatic carbocycles. The molecule has 1 aromatic rings. The second-order valence-electron chi connectivity index (χ2n) is 9.50. The lowest BCUT2D eigenvalue weighted by atomic mass is 9.88. The third kappa shape index (κ3) is 4.08. The van der Waals surface area contributed by atoms with Crippen LogP contribution in [0.2, 0.25) is 0 Å². The first-order valence-corrected chi connectivity index (χ1v) is 11.5. The van der Waals surface area contributed by atoms with E-state index >= 15 is 0 Å². The molecule has 1 aliphatic carbocycles. The van der Waals surface area contributed by atoms with Crippen LogP contribution in [0.4, 0.5) is 10.1 Å². The lowest BCUT2D eigenvalue weighted by Crippen LogP contribution is -2.58. The normalized spacial score (nSPS) is 31.5. The molecule has 2 amide bonds. The van der Waals surface area contributed by atoms with Gasteiger partial charge in [0.25, 0.3) is 0 Å². The lowest BCUT2D eigenvalue weighted by molar-refractivity contribution is -0.136. The number of alkyl halides is 1. The Morgan fingerprint density at radius 2 is 2.09 bits per heavy atom. The third-order valence-electron chi connectivity index (χ3n) is 7.33. The number of nitrogens with two attached hydrogens (primary N) is 1. The standard InChI is InChI=1S/C22H29FN8O2/c23-14-9-27-19-17(18(25)29-31(19)11-14)20(32)28-16-10-26-6-1-15(16)13-2-7-30(8-3-13)21(33)22(12-24)4-5-22/h1,6,10,13-14,17-19,27,29H,2-5,7-9,11,25H2,(H,28,32). The number of fused-ring (bicyclic) bond motifs is 1. The van der Waals surface area contributed by atoms with Crippen molar-refractivity contribution in [1.82, 2.24) is 25.6 Å². The van der Waals surface area contributed by atoms with Crippen LogP contribution in [0, 0.1) is 22.7 Å². The SMILES string of the molecule is N#CC1(C(=O)N2CCC(c3ccncc3NC(=O)C3C(N)NN4CC(F)CNC34)CC2)CC1. The molecule has 4 unspecified atom stereocenters. The summed E-state index contributed by atoms with van der Waals surface area (Å²) in [5.74, 6) is -0.726. The molecule has 4 aliphatic rings. The molecule has 3 saturated heterocycles. The Morgan fingerprint density at radius 1 is 1.33 bits per heavy atom. The number of hydrogen-bond acceptors (Lipinski definition) is 8. The van der Waals surface area contributed by atoms with Crippen LogP contribution in [0.3, 0.4) is 0 Å². The van der Waals surface area contributed by atoms with Crippen molar-refractivity contribution >= 4 is 17.5 Å². The highest BCUT2D eigenvalue weighted by molar-refractivity contribution is 5.94. The van der Waals surface area contributed by atoms with Gasteiger partial charge in [-0.25, -0.2) is 14.8 Å². The highest BCUT2D eigenvalue weighted by atomic mass is 19.1. The molecule has 0 radical (unpaired) electrons. The zero-order chi connectivity index (χ0) is 23.2. The molecule has 5 rings (SSSR count). The number of nitrogens with zero attached hydrogens (tertiary/aromatic N) is 4. The molecule has 0 spiro atoms. The van der Waals surface area contributed by atoms with Crippen LogP contribution in [0.1, 0.15) is 37.2 Å². The van der Waals surface area contributed by atoms with Crippen LogP contribution in [-0.4, -0.2) is 71.4 Å². The van der Waals surface area contributed by atoms with Gasteiger partial charge >= 0.3 is 0 Å². The maximum absolute atomic E-state index is 13.7. The molecule has 4 atom stereocenters. The van der Waals surface area contributed by atoms with Gasteiger partial charge in [0.15, 0.2) is 0 Å². The number of rotatable bonds is 4. The van der Waals surface area contributed by atoms with Crippen molar-refractivity contribution in [1.29, 1.82) is 5.26 Å². The van der Waals surface area contributed by atoms with Gasteiger partial charge in [-0.1, -0.05) is 0 Å². The number of hydrogen-bond donors (Lipinski definition) is 4. The number of piperidine rings is 1. The zero-order valence-corrected chi connectivity index (χ0v) is 18.3. The molecular weight excluding hydrogens is 427 g/mol. The third-order valence-corrected chi connectivity index (χ3v) is 7.33. The summed E-state index contributed by atoms with van der Waals surface area (Å²) in [6, 6.07) is 4.09. The highest BCUT2D eigenvalue weighted by Crippen LogP contribution is 2.47. The monoisotopic (exact) mass is 456 g/mol. The van der Waals surface area contributed by atoms with Gasteiger partial charge in [-0.15, -0.1) is 0 Å². The first-order chi connectivity index (χ1) is 15.9. The molecular formula is C22H29FN8O2. The molecule has 10 nitrogen and oxygen atoms in total. The maximum Gasteiger partial charge on any atom is 0.243 e. The van der Waals surface area contributed by atoms with E-state index in [-0.39, 0.29) is 37.0 Å². The number of halogens is 1. The zero-order valence-electron chi connectivity index (χ0n) is 18.3. The van der Waals surface area contributed by atoms with Gasteiger partial charge in [0.1, 0.15) is 11.6 Å². The molecule has 1 saturated carbocycles. The Morgan fingerprint density at radius 3 is 2.79 bits per heavy atom. The van der Waals surface area contributed by atoms with Gasteiger partial charge in [-0.05, 0) is 43.2 Å². The van der Waals surface area contributed by atoms with Crippen LogP contribution >= 0.6 is 0 Å². The van der Waals surface area contributed by atoms with E-state index in [1.165, 1.54) is 0 Å². The van der Waals surface area contributed by atoms with Gasteiger partial charge in [0.2, 0.25) is 11.8 Å². The fourth-order valence-electron chi connectivity index (χ4n) is 5.26. The molecule has 0 bridgehead atoms. The van der Waals surface area contributed by atoms with Crippen LogP contribution in [-0.2, 0) is 9.59 Å². The van der Waals surface area contributed by atoms with E-state index in [0.717, 1.165) is 18.4 Å². The molecule has 176 valence electrons. The van der Waals surface area contributed by atoms with Gasteiger partial charge in [0.05, 0.1) is 36.2 Å². The van der Waals surface area contributed by atoms with Crippen LogP contribution in [0.15, 0.2) is 18.5 Å². The Balaban J connectivity index is 1.25. The number of pyridine rings is 1. The van der Waals surface area contributed by atoms with E-state index in [1.54, 1.807) is 22.3 Å². The first-order valence-electron chi connectivity index (χ1n) is 11.5. The summed E-state index contributed by atoms with van der Waals surface area (Å²) in [6.45, 7) is 1.54. The van der Waals surface area contributed by atoms with Crippen LogP contribution in [0.5, 0.6) is 0 Å². The summed E-state index contributed by atoms with van der Waals surface area (Å²) in [5, 5.41) is 17.0. The summed E-state index contributed by atoms with van der Waals surface area (Å²) in [7, 11) is 0. The van der Waals surface area contributed by atoms with Crippen molar-refractivity contribution in [3.63, 3.8) is 0 Å². The van der Waals surface area contributed by atoms with Crippen molar-refractivity contribution in [2.24, 2.45) is 17.1 Å². The minimum absolute atomic E-state index is 0.0468. The predicted octanol–water partition coefficient (Wildman–Crippen LogP) is 0.0185. The molecule has 3 aliphatic heterocycles. The van der Waals surface area contributed by atoms with E-state index in [2.05, 4.69) is 27.1 Å². The van der Waals surface area contributed by atoms with E-state index in [4.69, 9.17) is 5.73 Å². The van der Waals surface area contributed by atoms with E-state index in [0.29, 0.717) is 31.6 Å². The summed E-state index contributed by atoms with van der Waals surface area (Å²) < 4.78 is 13.7. The smallest absolute Gasteiger partial charge is 0.243 e. The van der Waals surface area contributed by atoms with Gasteiger partial charge in [-0.2, -0.15) is 5.26 Å². The number of hydrazine groups is 1. The maximum atomic E-state index is 13.7. The van der Waals surface area contributed by atoms with E-state index < -0.39 is 23.7 Å². The van der Waals surface area contributed by atoms with Crippen molar-refractivity contribution in [3.8, 4) is 6.07 Å². The number of likely N-dealkylation sites (tertiary alicyclic amines) is 1. The van der Waals surface area contributed by atoms with E-state index in [9.17, 15) is 19.2 Å². The van der Waals surface area contributed by atoms with Crippen molar-refractivity contribution < 1.29 is 14.0 Å². The molecule has 5 N–H and O–H groups in total. The highest BCUT2D eigenvalue weighted by Gasteiger charge is 2.53. The lowest BCUT2D eigenvalue weighted by Gasteiger charge is -2.34. The van der Waals surface area contributed by atoms with Gasteiger partial charge in [0, 0.05) is 32.4 Å². The topological polar surface area (TPSA) is 139 Å².